The Morgan fingerprint density at radius 1 is 1.46 bits per heavy atom. The minimum Gasteiger partial charge on any atom is -0.319 e. The summed E-state index contributed by atoms with van der Waals surface area (Å²) in [5.74, 6) is -0.220. The number of carbonyl (C=O) groups is 2. The highest BCUT2D eigenvalue weighted by Crippen LogP contribution is 2.05. The third-order valence-electron chi connectivity index (χ3n) is 2.18. The number of nitrogens with one attached hydrogen (secondary N) is 4. The molecular formula is C6H11N5O2. The molecule has 7 heteroatoms. The summed E-state index contributed by atoms with van der Waals surface area (Å²) in [6.45, 7) is 0.497. The van der Waals surface area contributed by atoms with E-state index >= 15 is 0 Å². The van der Waals surface area contributed by atoms with E-state index in [-0.39, 0.29) is 24.1 Å². The molecule has 3 amide bonds. The van der Waals surface area contributed by atoms with Crippen molar-refractivity contribution in [1.82, 2.24) is 26.4 Å². The minimum absolute atomic E-state index is 0.220. The van der Waals surface area contributed by atoms with Crippen LogP contribution >= 0.6 is 0 Å². The molecule has 72 valence electrons. The van der Waals surface area contributed by atoms with Crippen molar-refractivity contribution in [2.75, 3.05) is 13.7 Å². The second-order valence-electron chi connectivity index (χ2n) is 3.00. The fraction of sp³-hybridized carbons (Fsp3) is 0.667. The average Bonchev–Trinajstić information content (AvgIpc) is 2.15. The van der Waals surface area contributed by atoms with Gasteiger partial charge in [0.1, 0.15) is 12.2 Å². The largest absolute Gasteiger partial charge is 0.325 e. The fourth-order valence-corrected chi connectivity index (χ4v) is 1.41. The third-order valence-corrected chi connectivity index (χ3v) is 2.18. The van der Waals surface area contributed by atoms with Gasteiger partial charge >= 0.3 is 6.03 Å². The fourth-order valence-electron chi connectivity index (χ4n) is 1.41. The lowest BCUT2D eigenvalue weighted by molar-refractivity contribution is -0.133. The number of hydrogen-bond donors (Lipinski definition) is 4. The van der Waals surface area contributed by atoms with Crippen molar-refractivity contribution < 1.29 is 9.59 Å². The molecule has 13 heavy (non-hydrogen) atoms. The highest BCUT2D eigenvalue weighted by atomic mass is 16.2. The van der Waals surface area contributed by atoms with Gasteiger partial charge in [-0.1, -0.05) is 0 Å². The average molecular weight is 185 g/mol. The number of rotatable bonds is 0. The topological polar surface area (TPSA) is 85.5 Å². The van der Waals surface area contributed by atoms with Gasteiger partial charge in [0.15, 0.2) is 0 Å². The van der Waals surface area contributed by atoms with Gasteiger partial charge in [0.2, 0.25) is 0 Å². The van der Waals surface area contributed by atoms with Crippen LogP contribution in [-0.2, 0) is 4.79 Å². The monoisotopic (exact) mass is 185 g/mol. The van der Waals surface area contributed by atoms with Gasteiger partial charge in [-0.3, -0.25) is 15.0 Å². The summed E-state index contributed by atoms with van der Waals surface area (Å²) in [6, 6.07) is -0.770. The number of urea groups is 1. The Kier molecular flexibility index (Phi) is 1.91. The molecule has 0 aromatic carbocycles. The number of carbonyl (C=O) groups excluding carboxylic acids is 2. The molecule has 0 aromatic heterocycles. The van der Waals surface area contributed by atoms with Crippen molar-refractivity contribution in [3.05, 3.63) is 0 Å². The number of hydrogen-bond acceptors (Lipinski definition) is 5. The van der Waals surface area contributed by atoms with Gasteiger partial charge < -0.3 is 5.32 Å². The Labute approximate surface area is 74.8 Å². The van der Waals surface area contributed by atoms with E-state index in [2.05, 4.69) is 21.5 Å². The number of hydrazine groups is 1. The molecule has 2 saturated heterocycles. The van der Waals surface area contributed by atoms with Crippen molar-refractivity contribution >= 4 is 11.9 Å². The summed E-state index contributed by atoms with van der Waals surface area (Å²) >= 11 is 0. The summed E-state index contributed by atoms with van der Waals surface area (Å²) in [5.41, 5.74) is 5.60. The number of nitrogens with zero attached hydrogens (tertiary/aromatic N) is 1. The Morgan fingerprint density at radius 2 is 2.23 bits per heavy atom. The first-order valence-electron chi connectivity index (χ1n) is 4.00. The third kappa shape index (κ3) is 1.26. The molecule has 0 aliphatic carbocycles. The summed E-state index contributed by atoms with van der Waals surface area (Å²) in [6.07, 6.45) is -0.370. The van der Waals surface area contributed by atoms with E-state index in [9.17, 15) is 9.59 Å². The first kappa shape index (κ1) is 8.42. The van der Waals surface area contributed by atoms with Crippen LogP contribution in [0.1, 0.15) is 0 Å². The van der Waals surface area contributed by atoms with E-state index < -0.39 is 0 Å². The van der Waals surface area contributed by atoms with Crippen molar-refractivity contribution in [3.8, 4) is 0 Å². The lowest BCUT2D eigenvalue weighted by Gasteiger charge is -2.39. The van der Waals surface area contributed by atoms with Crippen LogP contribution < -0.4 is 21.5 Å². The SMILES string of the molecule is CN1C(=O)NC2NNCNC2C1=O. The maximum absolute atomic E-state index is 11.5. The molecule has 0 radical (unpaired) electrons. The van der Waals surface area contributed by atoms with Crippen LogP contribution in [-0.4, -0.2) is 42.8 Å². The Balaban J connectivity index is 2.17. The summed E-state index contributed by atoms with van der Waals surface area (Å²) in [7, 11) is 1.46. The first-order valence-corrected chi connectivity index (χ1v) is 4.00. The highest BCUT2D eigenvalue weighted by Gasteiger charge is 2.40. The second kappa shape index (κ2) is 2.95. The summed E-state index contributed by atoms with van der Waals surface area (Å²) in [4.78, 5) is 23.7. The molecule has 2 aliphatic rings. The van der Waals surface area contributed by atoms with Gasteiger partial charge in [-0.2, -0.15) is 0 Å². The molecule has 0 saturated carbocycles. The molecule has 2 atom stereocenters. The minimum atomic E-state index is -0.385. The highest BCUT2D eigenvalue weighted by molar-refractivity contribution is 6.00. The molecule has 0 aromatic rings. The molecule has 0 spiro atoms. The van der Waals surface area contributed by atoms with Crippen molar-refractivity contribution in [2.24, 2.45) is 0 Å². The lowest BCUT2D eigenvalue weighted by Crippen LogP contribution is -2.76. The van der Waals surface area contributed by atoms with E-state index in [1.54, 1.807) is 0 Å². The van der Waals surface area contributed by atoms with Crippen molar-refractivity contribution in [1.29, 1.82) is 0 Å². The standard InChI is InChI=1S/C6H11N5O2/c1-11-5(12)3-4(9-6(11)13)10-8-2-7-3/h3-4,7-8,10H,2H2,1H3,(H,9,13). The molecule has 2 fully saturated rings. The van der Waals surface area contributed by atoms with Crippen molar-refractivity contribution in [2.45, 2.75) is 12.2 Å². The molecule has 2 unspecified atom stereocenters. The van der Waals surface area contributed by atoms with Gasteiger partial charge in [0.25, 0.3) is 5.91 Å². The van der Waals surface area contributed by atoms with E-state index in [4.69, 9.17) is 0 Å². The van der Waals surface area contributed by atoms with Crippen LogP contribution in [0.5, 0.6) is 0 Å². The zero-order valence-electron chi connectivity index (χ0n) is 7.13. The lowest BCUT2D eigenvalue weighted by atomic mass is 10.1. The maximum atomic E-state index is 11.5. The number of imide groups is 1. The Morgan fingerprint density at radius 3 is 3.00 bits per heavy atom. The summed E-state index contributed by atoms with van der Waals surface area (Å²) in [5, 5.41) is 5.57. The molecule has 0 bridgehead atoms. The normalized spacial score (nSPS) is 34.1. The Hall–Kier alpha value is -1.18. The van der Waals surface area contributed by atoms with Crippen LogP contribution in [0.3, 0.4) is 0 Å². The number of fused-ring (bicyclic) bond motifs is 1. The molecule has 2 heterocycles. The van der Waals surface area contributed by atoms with Crippen LogP contribution in [0.2, 0.25) is 0 Å². The summed E-state index contributed by atoms with van der Waals surface area (Å²) < 4.78 is 0. The zero-order chi connectivity index (χ0) is 9.42. The van der Waals surface area contributed by atoms with E-state index in [0.29, 0.717) is 6.67 Å². The van der Waals surface area contributed by atoms with Gasteiger partial charge in [0, 0.05) is 7.05 Å². The maximum Gasteiger partial charge on any atom is 0.325 e. The Bertz CT molecular complexity index is 255. The molecule has 2 aliphatic heterocycles. The molecule has 2 rings (SSSR count). The van der Waals surface area contributed by atoms with Crippen LogP contribution in [0.15, 0.2) is 0 Å². The zero-order valence-corrected chi connectivity index (χ0v) is 7.13. The number of amides is 3. The predicted molar refractivity (Wildman–Crippen MR) is 43.2 cm³/mol. The number of likely N-dealkylation sites (N-methyl/N-ethyl adjacent to an activating group) is 1. The van der Waals surface area contributed by atoms with Crippen molar-refractivity contribution in [3.63, 3.8) is 0 Å². The van der Waals surface area contributed by atoms with Gasteiger partial charge in [-0.25, -0.2) is 15.6 Å². The van der Waals surface area contributed by atoms with Crippen LogP contribution in [0.4, 0.5) is 4.79 Å². The molecular weight excluding hydrogens is 174 g/mol. The molecule has 4 N–H and O–H groups in total. The van der Waals surface area contributed by atoms with E-state index in [1.807, 2.05) is 0 Å². The second-order valence-corrected chi connectivity index (χ2v) is 3.00. The van der Waals surface area contributed by atoms with Crippen LogP contribution in [0, 0.1) is 0 Å². The van der Waals surface area contributed by atoms with Gasteiger partial charge in [-0.05, 0) is 0 Å². The quantitative estimate of drug-likeness (QED) is 0.336. The predicted octanol–water partition coefficient (Wildman–Crippen LogP) is -2.48. The smallest absolute Gasteiger partial charge is 0.319 e. The van der Waals surface area contributed by atoms with E-state index in [0.717, 1.165) is 4.90 Å². The van der Waals surface area contributed by atoms with Crippen LogP contribution in [0.25, 0.3) is 0 Å². The van der Waals surface area contributed by atoms with E-state index in [1.165, 1.54) is 7.05 Å². The first-order chi connectivity index (χ1) is 6.20. The van der Waals surface area contributed by atoms with Gasteiger partial charge in [-0.15, -0.1) is 0 Å². The molecule has 7 nitrogen and oxygen atoms in total. The van der Waals surface area contributed by atoms with Gasteiger partial charge in [0.05, 0.1) is 6.67 Å².